The highest BCUT2D eigenvalue weighted by molar-refractivity contribution is 7.12. The van der Waals surface area contributed by atoms with Crippen molar-refractivity contribution < 1.29 is 4.79 Å². The average molecular weight is 783 g/mol. The number of aryl methyl sites for hydroxylation is 2. The predicted octanol–water partition coefficient (Wildman–Crippen LogP) is 18.7. The lowest BCUT2D eigenvalue weighted by Gasteiger charge is -2.09. The van der Waals surface area contributed by atoms with E-state index in [9.17, 15) is 4.79 Å². The number of thiophene rings is 2. The van der Waals surface area contributed by atoms with Crippen molar-refractivity contribution in [2.45, 2.75) is 271 Å². The highest BCUT2D eigenvalue weighted by Crippen LogP contribution is 2.35. The molecule has 1 nitrogen and oxygen atoms in total. The molecule has 0 atom stereocenters. The third-order valence-corrected chi connectivity index (χ3v) is 14.1. The van der Waals surface area contributed by atoms with Crippen LogP contribution in [0.1, 0.15) is 279 Å². The Kier molecular flexibility index (Phi) is 33.2. The van der Waals surface area contributed by atoms with Crippen molar-refractivity contribution in [3.63, 3.8) is 0 Å². The van der Waals surface area contributed by atoms with Gasteiger partial charge in [0.05, 0.1) is 5.92 Å². The van der Waals surface area contributed by atoms with Crippen molar-refractivity contribution in [2.75, 3.05) is 0 Å². The summed E-state index contributed by atoms with van der Waals surface area (Å²) in [5.74, 6) is 0.223. The summed E-state index contributed by atoms with van der Waals surface area (Å²) >= 11 is 3.61. The fourth-order valence-electron chi connectivity index (χ4n) is 8.36. The van der Waals surface area contributed by atoms with E-state index >= 15 is 0 Å². The van der Waals surface area contributed by atoms with Crippen LogP contribution in [0.2, 0.25) is 0 Å². The van der Waals surface area contributed by atoms with Crippen LogP contribution in [0.15, 0.2) is 22.9 Å². The number of hydrogen-bond donors (Lipinski definition) is 0. The van der Waals surface area contributed by atoms with Crippen LogP contribution in [0.5, 0.6) is 0 Å². The van der Waals surface area contributed by atoms with Gasteiger partial charge in [0.2, 0.25) is 0 Å². The summed E-state index contributed by atoms with van der Waals surface area (Å²) in [4.78, 5) is 15.3. The van der Waals surface area contributed by atoms with Crippen molar-refractivity contribution in [1.82, 2.24) is 0 Å². The van der Waals surface area contributed by atoms with Crippen LogP contribution in [0.25, 0.3) is 0 Å². The van der Waals surface area contributed by atoms with Gasteiger partial charge < -0.3 is 0 Å². The number of Topliss-reactive ketones (excluding diaryl/α,β-unsaturated/α-hetero) is 1. The zero-order valence-corrected chi connectivity index (χ0v) is 38.1. The molecule has 3 heteroatoms. The van der Waals surface area contributed by atoms with Gasteiger partial charge in [-0.1, -0.05) is 232 Å². The smallest absolute Gasteiger partial charge is 0.143 e. The molecule has 0 saturated heterocycles. The Balaban J connectivity index is 1.44. The molecule has 312 valence electrons. The van der Waals surface area contributed by atoms with Crippen LogP contribution in [0.4, 0.5) is 0 Å². The first-order chi connectivity index (χ1) is 26.7. The van der Waals surface area contributed by atoms with Gasteiger partial charge in [0.1, 0.15) is 5.78 Å². The van der Waals surface area contributed by atoms with E-state index < -0.39 is 0 Å². The molecule has 0 bridgehead atoms. The minimum absolute atomic E-state index is 0.0665. The second-order valence-corrected chi connectivity index (χ2v) is 19.2. The third kappa shape index (κ3) is 26.8. The zero-order chi connectivity index (χ0) is 38.6. The Bertz CT molecular complexity index is 1000. The van der Waals surface area contributed by atoms with Gasteiger partial charge in [-0.05, 0) is 66.6 Å². The molecule has 2 aromatic rings. The second-order valence-electron chi connectivity index (χ2n) is 17.3. The summed E-state index contributed by atoms with van der Waals surface area (Å²) in [6.07, 6.45) is 53.5. The van der Waals surface area contributed by atoms with Crippen LogP contribution in [0.3, 0.4) is 0 Å². The minimum atomic E-state index is -0.0665. The largest absolute Gasteiger partial charge is 0.299 e. The molecule has 2 heterocycles. The van der Waals surface area contributed by atoms with E-state index in [1.165, 1.54) is 252 Å². The number of rotatable bonds is 41. The zero-order valence-electron chi connectivity index (χ0n) is 36.5. The Morgan fingerprint density at radius 3 is 0.833 bits per heavy atom. The van der Waals surface area contributed by atoms with E-state index in [1.807, 2.05) is 22.7 Å². The fraction of sp³-hybridized carbons (Fsp3) is 0.824. The van der Waals surface area contributed by atoms with Crippen LogP contribution in [-0.2, 0) is 17.6 Å². The molecule has 0 aliphatic rings. The van der Waals surface area contributed by atoms with Crippen LogP contribution >= 0.6 is 22.7 Å². The lowest BCUT2D eigenvalue weighted by molar-refractivity contribution is -0.117. The van der Waals surface area contributed by atoms with Crippen molar-refractivity contribution in [2.24, 2.45) is 0 Å². The summed E-state index contributed by atoms with van der Waals surface area (Å²) in [6.45, 7) is 6.40. The van der Waals surface area contributed by atoms with Crippen LogP contribution in [-0.4, -0.2) is 5.78 Å². The highest BCUT2D eigenvalue weighted by atomic mass is 32.1. The second kappa shape index (κ2) is 36.4. The molecule has 0 aromatic carbocycles. The van der Waals surface area contributed by atoms with Gasteiger partial charge in [-0.3, -0.25) is 4.79 Å². The first kappa shape index (κ1) is 49.2. The molecule has 54 heavy (non-hydrogen) atoms. The average Bonchev–Trinajstić information content (AvgIpc) is 3.84. The van der Waals surface area contributed by atoms with Crippen molar-refractivity contribution >= 4 is 28.5 Å². The molecule has 0 radical (unpaired) electrons. The van der Waals surface area contributed by atoms with Gasteiger partial charge >= 0.3 is 0 Å². The number of ketones is 1. The first-order valence-corrected chi connectivity index (χ1v) is 26.1. The monoisotopic (exact) mass is 783 g/mol. The SMILES string of the molecule is CCCCCCCCCCCCCCCCCCCCc1csc(C(C(C)=O)c2cc(CCCCCCCCCCCCCCCCCCCC)cs2)c1. The molecule has 0 aliphatic carbocycles. The molecule has 0 amide bonds. The Labute approximate surface area is 346 Å². The van der Waals surface area contributed by atoms with E-state index in [4.69, 9.17) is 0 Å². The summed E-state index contributed by atoms with van der Waals surface area (Å²) in [7, 11) is 0. The quantitative estimate of drug-likeness (QED) is 0.0614. The molecule has 0 fully saturated rings. The van der Waals surface area contributed by atoms with Gasteiger partial charge in [0, 0.05) is 9.75 Å². The molecule has 0 unspecified atom stereocenters. The Morgan fingerprint density at radius 2 is 0.611 bits per heavy atom. The lowest BCUT2D eigenvalue weighted by Crippen LogP contribution is -2.07. The fourth-order valence-corrected chi connectivity index (χ4v) is 10.7. The predicted molar refractivity (Wildman–Crippen MR) is 246 cm³/mol. The van der Waals surface area contributed by atoms with Crippen molar-refractivity contribution in [1.29, 1.82) is 0 Å². The van der Waals surface area contributed by atoms with Crippen molar-refractivity contribution in [3.8, 4) is 0 Å². The summed E-state index contributed by atoms with van der Waals surface area (Å²) in [5.41, 5.74) is 2.88. The maximum atomic E-state index is 12.8. The Hall–Kier alpha value is -0.930. The summed E-state index contributed by atoms with van der Waals surface area (Å²) in [6, 6.07) is 4.70. The molecule has 0 saturated carbocycles. The lowest BCUT2D eigenvalue weighted by atomic mass is 9.98. The molecule has 0 N–H and O–H groups in total. The molecule has 2 aromatic heterocycles. The molecule has 0 spiro atoms. The van der Waals surface area contributed by atoms with Crippen LogP contribution in [0, 0.1) is 0 Å². The van der Waals surface area contributed by atoms with Crippen molar-refractivity contribution in [3.05, 3.63) is 43.8 Å². The molecular weight excluding hydrogens is 693 g/mol. The third-order valence-electron chi connectivity index (χ3n) is 12.0. The summed E-state index contributed by atoms with van der Waals surface area (Å²) < 4.78 is 0. The van der Waals surface area contributed by atoms with Gasteiger partial charge in [-0.15, -0.1) is 22.7 Å². The molecule has 0 aliphatic heterocycles. The number of carbonyl (C=O) groups is 1. The molecular formula is C51H90OS2. The first-order valence-electron chi connectivity index (χ1n) is 24.3. The molecule has 2 rings (SSSR count). The van der Waals surface area contributed by atoms with Gasteiger partial charge in [-0.25, -0.2) is 0 Å². The van der Waals surface area contributed by atoms with E-state index in [1.54, 1.807) is 6.92 Å². The maximum absolute atomic E-state index is 12.8. The van der Waals surface area contributed by atoms with E-state index in [2.05, 4.69) is 36.7 Å². The van der Waals surface area contributed by atoms with Gasteiger partial charge in [-0.2, -0.15) is 0 Å². The normalized spacial score (nSPS) is 11.7. The summed E-state index contributed by atoms with van der Waals surface area (Å²) in [5, 5.41) is 4.65. The standard InChI is InChI=1S/C51H90OS2/c1-4-6-8-10-12-14-16-18-20-22-24-26-28-30-32-34-36-38-40-47-42-49(53-44-47)51(46(3)52)50-43-48(45-54-50)41-39-37-35-33-31-29-27-25-23-21-19-17-15-13-11-9-7-5-2/h42-45,51H,4-41H2,1-3H3. The Morgan fingerprint density at radius 1 is 0.389 bits per heavy atom. The topological polar surface area (TPSA) is 17.1 Å². The number of hydrogen-bond acceptors (Lipinski definition) is 3. The highest BCUT2D eigenvalue weighted by Gasteiger charge is 2.23. The minimum Gasteiger partial charge on any atom is -0.299 e. The maximum Gasteiger partial charge on any atom is 0.143 e. The number of carbonyl (C=O) groups excluding carboxylic acids is 1. The van der Waals surface area contributed by atoms with E-state index in [-0.39, 0.29) is 11.7 Å². The van der Waals surface area contributed by atoms with Crippen LogP contribution < -0.4 is 0 Å². The van der Waals surface area contributed by atoms with E-state index in [0.29, 0.717) is 0 Å². The number of unbranched alkanes of at least 4 members (excludes halogenated alkanes) is 34. The van der Waals surface area contributed by atoms with E-state index in [0.717, 1.165) is 12.8 Å². The van der Waals surface area contributed by atoms with Gasteiger partial charge in [0.15, 0.2) is 0 Å². The van der Waals surface area contributed by atoms with Gasteiger partial charge in [0.25, 0.3) is 0 Å².